The Morgan fingerprint density at radius 3 is 2.84 bits per heavy atom. The molecule has 1 amide bonds. The standard InChI is InChI=1S/C13H16N2O3S/c1-17-10-4-5-11(12(8-10)18-2)15-13(16)9-19-7-3-6-14/h4-5,8H,3,7,9H2,1-2H3,(H,15,16). The Hall–Kier alpha value is -1.87. The van der Waals surface area contributed by atoms with Gasteiger partial charge in [0.2, 0.25) is 5.91 Å². The van der Waals surface area contributed by atoms with Gasteiger partial charge in [0.15, 0.2) is 0 Å². The van der Waals surface area contributed by atoms with Crippen molar-refractivity contribution in [1.82, 2.24) is 0 Å². The minimum atomic E-state index is -0.119. The van der Waals surface area contributed by atoms with Gasteiger partial charge in [0, 0.05) is 18.2 Å². The third-order valence-electron chi connectivity index (χ3n) is 2.27. The summed E-state index contributed by atoms with van der Waals surface area (Å²) in [5, 5.41) is 11.2. The van der Waals surface area contributed by atoms with Crippen LogP contribution < -0.4 is 14.8 Å². The average Bonchev–Trinajstić information content (AvgIpc) is 2.44. The van der Waals surface area contributed by atoms with Crippen LogP contribution in [0.25, 0.3) is 0 Å². The molecule has 1 aromatic rings. The zero-order valence-electron chi connectivity index (χ0n) is 10.9. The fraction of sp³-hybridized carbons (Fsp3) is 0.385. The normalized spacial score (nSPS) is 9.53. The van der Waals surface area contributed by atoms with Crippen molar-refractivity contribution < 1.29 is 14.3 Å². The number of hydrogen-bond acceptors (Lipinski definition) is 5. The first kappa shape index (κ1) is 15.2. The lowest BCUT2D eigenvalue weighted by Gasteiger charge is -2.11. The van der Waals surface area contributed by atoms with Crippen LogP contribution in [0.2, 0.25) is 0 Å². The van der Waals surface area contributed by atoms with Crippen molar-refractivity contribution in [3.05, 3.63) is 18.2 Å². The van der Waals surface area contributed by atoms with Crippen molar-refractivity contribution in [3.8, 4) is 17.6 Å². The van der Waals surface area contributed by atoms with Crippen molar-refractivity contribution in [2.24, 2.45) is 0 Å². The maximum absolute atomic E-state index is 11.7. The molecule has 102 valence electrons. The van der Waals surface area contributed by atoms with Crippen LogP contribution in [0.1, 0.15) is 6.42 Å². The summed E-state index contributed by atoms with van der Waals surface area (Å²) in [6.07, 6.45) is 0.448. The summed E-state index contributed by atoms with van der Waals surface area (Å²) in [6.45, 7) is 0. The van der Waals surface area contributed by atoms with Gasteiger partial charge in [0.25, 0.3) is 0 Å². The summed E-state index contributed by atoms with van der Waals surface area (Å²) in [7, 11) is 3.10. The number of thioether (sulfide) groups is 1. The fourth-order valence-corrected chi connectivity index (χ4v) is 2.01. The average molecular weight is 280 g/mol. The molecule has 0 atom stereocenters. The molecular weight excluding hydrogens is 264 g/mol. The van der Waals surface area contributed by atoms with Crippen LogP contribution in [0.4, 0.5) is 5.69 Å². The number of carbonyl (C=O) groups excluding carboxylic acids is 1. The number of ether oxygens (including phenoxy) is 2. The quantitative estimate of drug-likeness (QED) is 0.776. The minimum Gasteiger partial charge on any atom is -0.497 e. The molecular formula is C13H16N2O3S. The Morgan fingerprint density at radius 2 is 2.21 bits per heavy atom. The van der Waals surface area contributed by atoms with E-state index in [9.17, 15) is 4.79 Å². The maximum atomic E-state index is 11.7. The third kappa shape index (κ3) is 5.10. The van der Waals surface area contributed by atoms with Crippen molar-refractivity contribution in [2.45, 2.75) is 6.42 Å². The molecule has 0 unspecified atom stereocenters. The largest absolute Gasteiger partial charge is 0.497 e. The van der Waals surface area contributed by atoms with Crippen molar-refractivity contribution in [3.63, 3.8) is 0 Å². The topological polar surface area (TPSA) is 71.3 Å². The highest BCUT2D eigenvalue weighted by atomic mass is 32.2. The van der Waals surface area contributed by atoms with Crippen molar-refractivity contribution in [2.75, 3.05) is 31.0 Å². The lowest BCUT2D eigenvalue weighted by atomic mass is 10.2. The van der Waals surface area contributed by atoms with Crippen molar-refractivity contribution >= 4 is 23.4 Å². The Kier molecular flexibility index (Phi) is 6.61. The number of carbonyl (C=O) groups is 1. The molecule has 0 spiro atoms. The van der Waals surface area contributed by atoms with Crippen molar-refractivity contribution in [1.29, 1.82) is 5.26 Å². The van der Waals surface area contributed by atoms with Gasteiger partial charge in [0.05, 0.1) is 31.7 Å². The van der Waals surface area contributed by atoms with Gasteiger partial charge < -0.3 is 14.8 Å². The van der Waals surface area contributed by atoms with Crippen LogP contribution in [0.15, 0.2) is 18.2 Å². The number of nitrogens with one attached hydrogen (secondary N) is 1. The molecule has 6 heteroatoms. The van der Waals surface area contributed by atoms with Crippen LogP contribution in [0.5, 0.6) is 11.5 Å². The second-order valence-corrected chi connectivity index (χ2v) is 4.68. The Bertz CT molecular complexity index is 471. The Morgan fingerprint density at radius 1 is 1.42 bits per heavy atom. The van der Waals surface area contributed by atoms with Gasteiger partial charge in [-0.2, -0.15) is 17.0 Å². The van der Waals surface area contributed by atoms with E-state index in [2.05, 4.69) is 5.32 Å². The zero-order valence-corrected chi connectivity index (χ0v) is 11.8. The molecule has 1 N–H and O–H groups in total. The van der Waals surface area contributed by atoms with E-state index in [0.29, 0.717) is 35.1 Å². The molecule has 0 aliphatic carbocycles. The van der Waals surface area contributed by atoms with E-state index in [-0.39, 0.29) is 5.91 Å². The number of methoxy groups -OCH3 is 2. The summed E-state index contributed by atoms with van der Waals surface area (Å²) in [5.74, 6) is 2.07. The summed E-state index contributed by atoms with van der Waals surface area (Å²) in [4.78, 5) is 11.7. The number of benzene rings is 1. The summed E-state index contributed by atoms with van der Waals surface area (Å²) < 4.78 is 10.3. The summed E-state index contributed by atoms with van der Waals surface area (Å²) in [6, 6.07) is 7.22. The summed E-state index contributed by atoms with van der Waals surface area (Å²) >= 11 is 1.43. The first-order valence-electron chi connectivity index (χ1n) is 5.67. The zero-order chi connectivity index (χ0) is 14.1. The van der Waals surface area contributed by atoms with Gasteiger partial charge in [-0.15, -0.1) is 0 Å². The molecule has 0 fully saturated rings. The van der Waals surface area contributed by atoms with Gasteiger partial charge in [0.1, 0.15) is 11.5 Å². The first-order chi connectivity index (χ1) is 9.21. The predicted molar refractivity (Wildman–Crippen MR) is 75.7 cm³/mol. The molecule has 1 rings (SSSR count). The number of amides is 1. The first-order valence-corrected chi connectivity index (χ1v) is 6.83. The number of nitrogens with zero attached hydrogens (tertiary/aromatic N) is 1. The summed E-state index contributed by atoms with van der Waals surface area (Å²) in [5.41, 5.74) is 0.606. The highest BCUT2D eigenvalue weighted by Gasteiger charge is 2.08. The van der Waals surface area contributed by atoms with Gasteiger partial charge in [-0.05, 0) is 12.1 Å². The molecule has 0 saturated heterocycles. The molecule has 19 heavy (non-hydrogen) atoms. The Labute approximate surface area is 116 Å². The van der Waals surface area contributed by atoms with Crippen LogP contribution >= 0.6 is 11.8 Å². The van der Waals surface area contributed by atoms with E-state index < -0.39 is 0 Å². The lowest BCUT2D eigenvalue weighted by Crippen LogP contribution is -2.15. The van der Waals surface area contributed by atoms with Gasteiger partial charge >= 0.3 is 0 Å². The monoisotopic (exact) mass is 280 g/mol. The van der Waals surface area contributed by atoms with Crippen LogP contribution in [0.3, 0.4) is 0 Å². The van der Waals surface area contributed by atoms with E-state index in [1.54, 1.807) is 25.3 Å². The molecule has 0 aliphatic heterocycles. The second kappa shape index (κ2) is 8.27. The number of rotatable bonds is 7. The SMILES string of the molecule is COc1ccc(NC(=O)CSCCC#N)c(OC)c1. The molecule has 0 aliphatic rings. The molecule has 0 bridgehead atoms. The molecule has 0 heterocycles. The Balaban J connectivity index is 2.56. The number of hydrogen-bond donors (Lipinski definition) is 1. The minimum absolute atomic E-state index is 0.119. The van der Waals surface area contributed by atoms with E-state index in [0.717, 1.165) is 0 Å². The molecule has 0 aromatic heterocycles. The van der Waals surface area contributed by atoms with Crippen LogP contribution in [0, 0.1) is 11.3 Å². The smallest absolute Gasteiger partial charge is 0.234 e. The maximum Gasteiger partial charge on any atom is 0.234 e. The van der Waals surface area contributed by atoms with E-state index in [1.165, 1.54) is 18.9 Å². The number of nitriles is 1. The van der Waals surface area contributed by atoms with E-state index >= 15 is 0 Å². The van der Waals surface area contributed by atoms with Crippen LogP contribution in [-0.4, -0.2) is 31.6 Å². The van der Waals surface area contributed by atoms with Gasteiger partial charge in [-0.1, -0.05) is 0 Å². The highest BCUT2D eigenvalue weighted by molar-refractivity contribution is 7.99. The molecule has 0 saturated carbocycles. The van der Waals surface area contributed by atoms with Gasteiger partial charge in [-0.3, -0.25) is 4.79 Å². The fourth-order valence-electron chi connectivity index (χ4n) is 1.37. The molecule has 0 radical (unpaired) electrons. The second-order valence-electron chi connectivity index (χ2n) is 3.58. The highest BCUT2D eigenvalue weighted by Crippen LogP contribution is 2.29. The third-order valence-corrected chi connectivity index (χ3v) is 3.23. The lowest BCUT2D eigenvalue weighted by molar-refractivity contribution is -0.113. The number of anilines is 1. The molecule has 5 nitrogen and oxygen atoms in total. The van der Waals surface area contributed by atoms with Crippen LogP contribution in [-0.2, 0) is 4.79 Å². The van der Waals surface area contributed by atoms with E-state index in [1.807, 2.05) is 6.07 Å². The molecule has 1 aromatic carbocycles. The van der Waals surface area contributed by atoms with Gasteiger partial charge in [-0.25, -0.2) is 0 Å². The predicted octanol–water partition coefficient (Wildman–Crippen LogP) is 2.29. The van der Waals surface area contributed by atoms with E-state index in [4.69, 9.17) is 14.7 Å².